The van der Waals surface area contributed by atoms with Crippen molar-refractivity contribution in [1.29, 1.82) is 0 Å². The van der Waals surface area contributed by atoms with Crippen LogP contribution in [0, 0.1) is 0 Å². The number of nitrogens with one attached hydrogen (secondary N) is 1. The first-order valence-corrected chi connectivity index (χ1v) is 6.04. The summed E-state index contributed by atoms with van der Waals surface area (Å²) in [6.07, 6.45) is 4.44. The van der Waals surface area contributed by atoms with Gasteiger partial charge in [0.1, 0.15) is 4.99 Å². The van der Waals surface area contributed by atoms with Gasteiger partial charge >= 0.3 is 0 Å². The average molecular weight is 261 g/mol. The summed E-state index contributed by atoms with van der Waals surface area (Å²) in [4.78, 5) is 4.48. The number of aromatic nitrogens is 3. The van der Waals surface area contributed by atoms with E-state index in [2.05, 4.69) is 15.4 Å². The van der Waals surface area contributed by atoms with Gasteiger partial charge in [-0.15, -0.1) is 0 Å². The Bertz CT molecular complexity index is 532. The summed E-state index contributed by atoms with van der Waals surface area (Å²) in [5.41, 5.74) is 8.27. The van der Waals surface area contributed by atoms with Gasteiger partial charge in [0.2, 0.25) is 0 Å². The quantitative estimate of drug-likeness (QED) is 0.789. The van der Waals surface area contributed by atoms with Gasteiger partial charge in [0.25, 0.3) is 0 Å². The summed E-state index contributed by atoms with van der Waals surface area (Å²) in [7, 11) is 1.94. The first kappa shape index (κ1) is 12.5. The molecule has 6 heteroatoms. The molecule has 0 saturated heterocycles. The van der Waals surface area contributed by atoms with Crippen LogP contribution in [-0.2, 0) is 13.5 Å². The highest BCUT2D eigenvalue weighted by atomic mass is 32.1. The molecular weight excluding hydrogens is 246 g/mol. The number of nitrogens with two attached hydrogens (primary N) is 1. The van der Waals surface area contributed by atoms with Crippen molar-refractivity contribution in [2.24, 2.45) is 12.8 Å². The van der Waals surface area contributed by atoms with Gasteiger partial charge in [-0.05, 0) is 18.2 Å². The predicted molar refractivity (Wildman–Crippen MR) is 75.5 cm³/mol. The maximum Gasteiger partial charge on any atom is 0.122 e. The fourth-order valence-electron chi connectivity index (χ4n) is 1.63. The number of hydrogen-bond donors (Lipinski definition) is 2. The van der Waals surface area contributed by atoms with Crippen molar-refractivity contribution in [3.8, 4) is 0 Å². The molecule has 94 valence electrons. The molecule has 0 bridgehead atoms. The summed E-state index contributed by atoms with van der Waals surface area (Å²) in [5.74, 6) is 0. The SMILES string of the molecule is Cn1nccc1CCNc1ccc(C(N)=S)nc1. The van der Waals surface area contributed by atoms with E-state index >= 15 is 0 Å². The molecule has 0 aromatic carbocycles. The van der Waals surface area contributed by atoms with E-state index in [9.17, 15) is 0 Å². The van der Waals surface area contributed by atoms with Gasteiger partial charge in [-0.3, -0.25) is 9.67 Å². The number of anilines is 1. The minimum atomic E-state index is 0.316. The second-order valence-corrected chi connectivity index (χ2v) is 4.36. The molecule has 0 aliphatic rings. The first-order valence-electron chi connectivity index (χ1n) is 5.63. The van der Waals surface area contributed by atoms with Crippen molar-refractivity contribution >= 4 is 22.9 Å². The van der Waals surface area contributed by atoms with E-state index in [1.54, 1.807) is 12.4 Å². The second kappa shape index (κ2) is 5.59. The third kappa shape index (κ3) is 3.04. The normalized spacial score (nSPS) is 10.3. The molecule has 0 aliphatic carbocycles. The van der Waals surface area contributed by atoms with Gasteiger partial charge in [0.05, 0.1) is 17.6 Å². The summed E-state index contributed by atoms with van der Waals surface area (Å²) in [5, 5.41) is 7.41. The lowest BCUT2D eigenvalue weighted by Gasteiger charge is -2.06. The summed E-state index contributed by atoms with van der Waals surface area (Å²) in [6, 6.07) is 5.75. The molecule has 0 atom stereocenters. The number of rotatable bonds is 5. The summed E-state index contributed by atoms with van der Waals surface area (Å²) in [6.45, 7) is 0.827. The Hall–Kier alpha value is -1.95. The summed E-state index contributed by atoms with van der Waals surface area (Å²) >= 11 is 4.85. The molecule has 2 rings (SSSR count). The Labute approximate surface area is 111 Å². The van der Waals surface area contributed by atoms with E-state index in [1.165, 1.54) is 5.69 Å². The van der Waals surface area contributed by atoms with Crippen LogP contribution in [0.4, 0.5) is 5.69 Å². The molecule has 0 aliphatic heterocycles. The highest BCUT2D eigenvalue weighted by Crippen LogP contribution is 2.06. The monoisotopic (exact) mass is 261 g/mol. The molecule has 18 heavy (non-hydrogen) atoms. The zero-order valence-electron chi connectivity index (χ0n) is 10.1. The maximum atomic E-state index is 5.48. The molecule has 0 radical (unpaired) electrons. The minimum absolute atomic E-state index is 0.316. The van der Waals surface area contributed by atoms with Crippen LogP contribution in [0.15, 0.2) is 30.6 Å². The van der Waals surface area contributed by atoms with Gasteiger partial charge in [-0.1, -0.05) is 12.2 Å². The molecule has 0 spiro atoms. The van der Waals surface area contributed by atoms with Crippen LogP contribution in [0.25, 0.3) is 0 Å². The highest BCUT2D eigenvalue weighted by Gasteiger charge is 2.00. The van der Waals surface area contributed by atoms with Gasteiger partial charge in [-0.2, -0.15) is 5.10 Å². The van der Waals surface area contributed by atoms with E-state index in [4.69, 9.17) is 18.0 Å². The van der Waals surface area contributed by atoms with E-state index in [-0.39, 0.29) is 0 Å². The van der Waals surface area contributed by atoms with Crippen molar-refractivity contribution in [1.82, 2.24) is 14.8 Å². The largest absolute Gasteiger partial charge is 0.388 e. The Kier molecular flexibility index (Phi) is 3.88. The van der Waals surface area contributed by atoms with Crippen LogP contribution in [-0.4, -0.2) is 26.3 Å². The lowest BCUT2D eigenvalue weighted by atomic mass is 10.3. The number of hydrogen-bond acceptors (Lipinski definition) is 4. The van der Waals surface area contributed by atoms with E-state index < -0.39 is 0 Å². The molecular formula is C12H15N5S. The van der Waals surface area contributed by atoms with Crippen molar-refractivity contribution < 1.29 is 0 Å². The zero-order chi connectivity index (χ0) is 13.0. The minimum Gasteiger partial charge on any atom is -0.388 e. The fourth-order valence-corrected chi connectivity index (χ4v) is 1.75. The van der Waals surface area contributed by atoms with E-state index in [1.807, 2.05) is 29.9 Å². The van der Waals surface area contributed by atoms with Crippen molar-refractivity contribution in [2.45, 2.75) is 6.42 Å². The lowest BCUT2D eigenvalue weighted by Crippen LogP contribution is -2.12. The Morgan fingerprint density at radius 1 is 1.44 bits per heavy atom. The van der Waals surface area contributed by atoms with Crippen LogP contribution < -0.4 is 11.1 Å². The molecule has 2 aromatic rings. The molecule has 2 aromatic heterocycles. The number of thiocarbonyl (C=S) groups is 1. The van der Waals surface area contributed by atoms with Crippen LogP contribution >= 0.6 is 12.2 Å². The topological polar surface area (TPSA) is 68.8 Å². The molecule has 0 fully saturated rings. The van der Waals surface area contributed by atoms with E-state index in [0.717, 1.165) is 18.7 Å². The van der Waals surface area contributed by atoms with Crippen molar-refractivity contribution in [2.75, 3.05) is 11.9 Å². The Balaban J connectivity index is 1.87. The summed E-state index contributed by atoms with van der Waals surface area (Å²) < 4.78 is 1.87. The molecule has 0 unspecified atom stereocenters. The number of nitrogens with zero attached hydrogens (tertiary/aromatic N) is 3. The molecule has 5 nitrogen and oxygen atoms in total. The van der Waals surface area contributed by atoms with Crippen molar-refractivity contribution in [3.63, 3.8) is 0 Å². The zero-order valence-corrected chi connectivity index (χ0v) is 10.9. The maximum absolute atomic E-state index is 5.48. The van der Waals surface area contributed by atoms with Crippen LogP contribution in [0.1, 0.15) is 11.4 Å². The Morgan fingerprint density at radius 3 is 2.83 bits per heavy atom. The average Bonchev–Trinajstić information content (AvgIpc) is 2.76. The van der Waals surface area contributed by atoms with Gasteiger partial charge in [0, 0.05) is 31.9 Å². The van der Waals surface area contributed by atoms with Gasteiger partial charge in [0.15, 0.2) is 0 Å². The van der Waals surface area contributed by atoms with Gasteiger partial charge < -0.3 is 11.1 Å². The van der Waals surface area contributed by atoms with Crippen LogP contribution in [0.3, 0.4) is 0 Å². The fraction of sp³-hybridized carbons (Fsp3) is 0.250. The highest BCUT2D eigenvalue weighted by molar-refractivity contribution is 7.80. The molecule has 3 N–H and O–H groups in total. The van der Waals surface area contributed by atoms with Crippen molar-refractivity contribution in [3.05, 3.63) is 42.0 Å². The van der Waals surface area contributed by atoms with Crippen LogP contribution in [0.2, 0.25) is 0 Å². The second-order valence-electron chi connectivity index (χ2n) is 3.92. The van der Waals surface area contributed by atoms with Gasteiger partial charge in [-0.25, -0.2) is 0 Å². The predicted octanol–water partition coefficient (Wildman–Crippen LogP) is 1.10. The smallest absolute Gasteiger partial charge is 0.122 e. The number of aryl methyl sites for hydroxylation is 1. The lowest BCUT2D eigenvalue weighted by molar-refractivity contribution is 0.711. The Morgan fingerprint density at radius 2 is 2.28 bits per heavy atom. The molecule has 2 heterocycles. The standard InChI is InChI=1S/C12H15N5S/c1-17-10(5-7-16-17)4-6-14-9-2-3-11(12(13)18)15-8-9/h2-3,5,7-8,14H,4,6H2,1H3,(H2,13,18). The molecule has 0 amide bonds. The van der Waals surface area contributed by atoms with E-state index in [0.29, 0.717) is 10.7 Å². The first-order chi connectivity index (χ1) is 8.66. The number of pyridine rings is 1. The molecule has 0 saturated carbocycles. The third-order valence-electron chi connectivity index (χ3n) is 2.65. The third-order valence-corrected chi connectivity index (χ3v) is 2.86. The van der Waals surface area contributed by atoms with Crippen LogP contribution in [0.5, 0.6) is 0 Å².